The number of allylic oxidation sites excluding steroid dienone is 1. The summed E-state index contributed by atoms with van der Waals surface area (Å²) in [6.07, 6.45) is 8.44. The Bertz CT molecular complexity index is 626. The summed E-state index contributed by atoms with van der Waals surface area (Å²) in [4.78, 5) is 0. The predicted octanol–water partition coefficient (Wildman–Crippen LogP) is 2.97. The van der Waals surface area contributed by atoms with Gasteiger partial charge in [0.1, 0.15) is 0 Å². The Labute approximate surface area is 119 Å². The lowest BCUT2D eigenvalue weighted by molar-refractivity contribution is 0.572. The van der Waals surface area contributed by atoms with Crippen molar-refractivity contribution in [2.75, 3.05) is 0 Å². The van der Waals surface area contributed by atoms with Crippen LogP contribution in [0.4, 0.5) is 0 Å². The van der Waals surface area contributed by atoms with E-state index in [1.165, 1.54) is 30.2 Å². The van der Waals surface area contributed by atoms with Crippen LogP contribution < -0.4 is 11.3 Å². The molecule has 2 aromatic rings. The molecule has 4 heteroatoms. The number of nitrogens with zero attached hydrogens (tertiary/aromatic N) is 2. The second-order valence-electron chi connectivity index (χ2n) is 5.50. The van der Waals surface area contributed by atoms with Crippen molar-refractivity contribution < 1.29 is 0 Å². The van der Waals surface area contributed by atoms with Crippen molar-refractivity contribution in [2.45, 2.75) is 38.1 Å². The molecule has 1 unspecified atom stereocenters. The van der Waals surface area contributed by atoms with Gasteiger partial charge in [0.05, 0.1) is 17.3 Å². The Morgan fingerprint density at radius 2 is 2.10 bits per heavy atom. The second-order valence-corrected chi connectivity index (χ2v) is 5.50. The minimum absolute atomic E-state index is 0.0270. The molecule has 0 amide bonds. The maximum Gasteiger partial charge on any atom is 0.0927 e. The molecule has 0 bridgehead atoms. The third-order valence-corrected chi connectivity index (χ3v) is 4.17. The Morgan fingerprint density at radius 3 is 2.95 bits per heavy atom. The van der Waals surface area contributed by atoms with E-state index in [9.17, 15) is 0 Å². The molecule has 3 N–H and O–H groups in total. The summed E-state index contributed by atoms with van der Waals surface area (Å²) >= 11 is 0. The normalized spacial score (nSPS) is 17.8. The van der Waals surface area contributed by atoms with Gasteiger partial charge in [-0.1, -0.05) is 30.7 Å². The molecule has 1 aliphatic rings. The first kappa shape index (κ1) is 13.3. The Hall–Kier alpha value is -1.65. The van der Waals surface area contributed by atoms with Crippen LogP contribution in [0.5, 0.6) is 0 Å². The summed E-state index contributed by atoms with van der Waals surface area (Å²) in [5.74, 6) is 5.85. The standard InChI is InChI=1S/C16H22N4/c1-20-14-11-7-6-10-13(14)16(19-20)15(18-17)12-8-4-2-3-5-9-12/h6-8,10-11,15,18H,2-5,9,17H2,1H3. The van der Waals surface area contributed by atoms with Crippen molar-refractivity contribution >= 4 is 10.9 Å². The van der Waals surface area contributed by atoms with Crippen molar-refractivity contribution in [3.8, 4) is 0 Å². The number of nitrogens with one attached hydrogen (secondary N) is 1. The lowest BCUT2D eigenvalue weighted by Gasteiger charge is -2.17. The molecule has 0 saturated heterocycles. The minimum Gasteiger partial charge on any atom is -0.271 e. The number of aryl methyl sites for hydroxylation is 1. The molecule has 1 aromatic heterocycles. The van der Waals surface area contributed by atoms with Crippen LogP contribution in [-0.4, -0.2) is 9.78 Å². The molecule has 1 atom stereocenters. The molecule has 4 nitrogen and oxygen atoms in total. The van der Waals surface area contributed by atoms with Gasteiger partial charge in [-0.05, 0) is 37.3 Å². The van der Waals surface area contributed by atoms with Gasteiger partial charge in [0.15, 0.2) is 0 Å². The number of hydrogen-bond donors (Lipinski definition) is 2. The minimum atomic E-state index is 0.0270. The van der Waals surface area contributed by atoms with E-state index in [4.69, 9.17) is 10.9 Å². The molecule has 1 aliphatic carbocycles. The second kappa shape index (κ2) is 5.77. The summed E-state index contributed by atoms with van der Waals surface area (Å²) in [7, 11) is 1.99. The van der Waals surface area contributed by atoms with Crippen LogP contribution in [-0.2, 0) is 7.05 Å². The molecule has 106 valence electrons. The maximum atomic E-state index is 5.85. The van der Waals surface area contributed by atoms with Gasteiger partial charge in [-0.25, -0.2) is 5.43 Å². The van der Waals surface area contributed by atoms with Gasteiger partial charge in [0.2, 0.25) is 0 Å². The average Bonchev–Trinajstić information content (AvgIpc) is 2.68. The number of para-hydroxylation sites is 1. The van der Waals surface area contributed by atoms with Crippen LogP contribution in [0.1, 0.15) is 43.8 Å². The highest BCUT2D eigenvalue weighted by molar-refractivity contribution is 5.82. The summed E-state index contributed by atoms with van der Waals surface area (Å²) < 4.78 is 1.94. The lowest BCUT2D eigenvalue weighted by atomic mass is 9.97. The van der Waals surface area contributed by atoms with E-state index >= 15 is 0 Å². The van der Waals surface area contributed by atoms with Gasteiger partial charge in [0.25, 0.3) is 0 Å². The quantitative estimate of drug-likeness (QED) is 0.512. The fourth-order valence-electron chi connectivity index (χ4n) is 3.12. The largest absolute Gasteiger partial charge is 0.271 e. The van der Waals surface area contributed by atoms with E-state index in [1.807, 2.05) is 17.8 Å². The highest BCUT2D eigenvalue weighted by atomic mass is 15.3. The van der Waals surface area contributed by atoms with Crippen molar-refractivity contribution in [2.24, 2.45) is 12.9 Å². The van der Waals surface area contributed by atoms with Crippen molar-refractivity contribution in [1.29, 1.82) is 0 Å². The van der Waals surface area contributed by atoms with Gasteiger partial charge in [-0.2, -0.15) is 5.10 Å². The molecule has 0 spiro atoms. The molecular weight excluding hydrogens is 248 g/mol. The fourth-order valence-corrected chi connectivity index (χ4v) is 3.12. The molecule has 1 heterocycles. The first-order valence-electron chi connectivity index (χ1n) is 7.38. The molecule has 1 aromatic carbocycles. The van der Waals surface area contributed by atoms with Gasteiger partial charge in [0, 0.05) is 12.4 Å². The van der Waals surface area contributed by atoms with Crippen LogP contribution in [0.15, 0.2) is 35.9 Å². The number of nitrogens with two attached hydrogens (primary N) is 1. The molecule has 0 aliphatic heterocycles. The molecule has 0 radical (unpaired) electrons. The zero-order valence-electron chi connectivity index (χ0n) is 12.0. The number of hydrogen-bond acceptors (Lipinski definition) is 3. The molecule has 3 rings (SSSR count). The highest BCUT2D eigenvalue weighted by Gasteiger charge is 2.21. The van der Waals surface area contributed by atoms with Gasteiger partial charge in [-0.3, -0.25) is 10.5 Å². The monoisotopic (exact) mass is 270 g/mol. The Kier molecular flexibility index (Phi) is 3.85. The van der Waals surface area contributed by atoms with Crippen molar-refractivity contribution in [3.05, 3.63) is 41.6 Å². The third kappa shape index (κ3) is 2.37. The molecule has 0 saturated carbocycles. The first-order chi connectivity index (χ1) is 9.81. The highest BCUT2D eigenvalue weighted by Crippen LogP contribution is 2.31. The van der Waals surface area contributed by atoms with E-state index in [2.05, 4.69) is 29.7 Å². The first-order valence-corrected chi connectivity index (χ1v) is 7.38. The van der Waals surface area contributed by atoms with Crippen LogP contribution >= 0.6 is 0 Å². The van der Waals surface area contributed by atoms with Crippen LogP contribution in [0.3, 0.4) is 0 Å². The van der Waals surface area contributed by atoms with Crippen LogP contribution in [0.2, 0.25) is 0 Å². The van der Waals surface area contributed by atoms with E-state index in [0.29, 0.717) is 0 Å². The maximum absolute atomic E-state index is 5.85. The number of benzene rings is 1. The fraction of sp³-hybridized carbons (Fsp3) is 0.438. The number of fused-ring (bicyclic) bond motifs is 1. The van der Waals surface area contributed by atoms with Crippen molar-refractivity contribution in [3.63, 3.8) is 0 Å². The average molecular weight is 270 g/mol. The molecule has 20 heavy (non-hydrogen) atoms. The molecular formula is C16H22N4. The van der Waals surface area contributed by atoms with Crippen LogP contribution in [0.25, 0.3) is 10.9 Å². The Balaban J connectivity index is 2.05. The van der Waals surface area contributed by atoms with Gasteiger partial charge < -0.3 is 0 Å². The zero-order chi connectivity index (χ0) is 13.9. The smallest absolute Gasteiger partial charge is 0.0927 e. The van der Waals surface area contributed by atoms with Gasteiger partial charge >= 0.3 is 0 Å². The lowest BCUT2D eigenvalue weighted by Crippen LogP contribution is -2.30. The zero-order valence-corrected chi connectivity index (χ0v) is 12.0. The van der Waals surface area contributed by atoms with Gasteiger partial charge in [-0.15, -0.1) is 0 Å². The summed E-state index contributed by atoms with van der Waals surface area (Å²) in [5.41, 5.74) is 6.55. The number of rotatable bonds is 3. The summed E-state index contributed by atoms with van der Waals surface area (Å²) in [6, 6.07) is 8.35. The van der Waals surface area contributed by atoms with E-state index in [0.717, 1.165) is 24.1 Å². The van der Waals surface area contributed by atoms with Crippen molar-refractivity contribution in [1.82, 2.24) is 15.2 Å². The summed E-state index contributed by atoms with van der Waals surface area (Å²) in [5, 5.41) is 5.88. The van der Waals surface area contributed by atoms with E-state index in [-0.39, 0.29) is 6.04 Å². The topological polar surface area (TPSA) is 55.9 Å². The summed E-state index contributed by atoms with van der Waals surface area (Å²) in [6.45, 7) is 0. The number of aromatic nitrogens is 2. The van der Waals surface area contributed by atoms with E-state index < -0.39 is 0 Å². The molecule has 0 fully saturated rings. The van der Waals surface area contributed by atoms with Crippen LogP contribution in [0, 0.1) is 0 Å². The Morgan fingerprint density at radius 1 is 1.25 bits per heavy atom. The number of hydrazine groups is 1. The predicted molar refractivity (Wildman–Crippen MR) is 81.9 cm³/mol. The SMILES string of the molecule is Cn1nc(C(NN)C2=CCCCCC2)c2ccccc21. The van der Waals surface area contributed by atoms with E-state index in [1.54, 1.807) is 0 Å². The third-order valence-electron chi connectivity index (χ3n) is 4.17.